The number of rotatable bonds is 6. The molecule has 2 N–H and O–H groups in total. The number of benzene rings is 1. The van der Waals surface area contributed by atoms with E-state index in [4.69, 9.17) is 4.74 Å². The minimum atomic E-state index is -3.93. The number of nitrogens with zero attached hydrogens (tertiary/aromatic N) is 3. The molecule has 0 saturated carbocycles. The Bertz CT molecular complexity index is 1090. The van der Waals surface area contributed by atoms with E-state index in [1.807, 2.05) is 32.9 Å². The van der Waals surface area contributed by atoms with Gasteiger partial charge in [-0.15, -0.1) is 0 Å². The molecular formula is C24H34N4O5S. The van der Waals surface area contributed by atoms with E-state index in [9.17, 15) is 18.3 Å². The van der Waals surface area contributed by atoms with Crippen molar-refractivity contribution in [2.45, 2.75) is 50.8 Å². The number of amides is 2. The van der Waals surface area contributed by atoms with Crippen LogP contribution in [-0.2, 0) is 10.0 Å². The van der Waals surface area contributed by atoms with Gasteiger partial charge in [0.25, 0.3) is 0 Å². The predicted molar refractivity (Wildman–Crippen MR) is 130 cm³/mol. The highest BCUT2D eigenvalue weighted by molar-refractivity contribution is 7.89. The van der Waals surface area contributed by atoms with Crippen molar-refractivity contribution in [1.29, 1.82) is 0 Å². The van der Waals surface area contributed by atoms with Gasteiger partial charge in [-0.25, -0.2) is 13.2 Å². The van der Waals surface area contributed by atoms with Gasteiger partial charge in [0.05, 0.1) is 13.2 Å². The summed E-state index contributed by atoms with van der Waals surface area (Å²) >= 11 is 0. The van der Waals surface area contributed by atoms with E-state index in [-0.39, 0.29) is 48.3 Å². The number of hydrogen-bond donors (Lipinski definition) is 2. The first kappa shape index (κ1) is 25.9. The van der Waals surface area contributed by atoms with Gasteiger partial charge in [-0.2, -0.15) is 4.31 Å². The number of fused-ring (bicyclic) bond motifs is 1. The average Bonchev–Trinajstić information content (AvgIpc) is 2.80. The molecule has 1 aliphatic rings. The third-order valence-electron chi connectivity index (χ3n) is 5.87. The fourth-order valence-electron chi connectivity index (χ4n) is 3.87. The molecule has 2 amide bonds. The van der Waals surface area contributed by atoms with Crippen LogP contribution in [0, 0.1) is 5.92 Å². The van der Waals surface area contributed by atoms with Crippen LogP contribution in [0.4, 0.5) is 4.79 Å². The molecule has 0 saturated heterocycles. The van der Waals surface area contributed by atoms with Crippen LogP contribution < -0.4 is 10.1 Å². The number of ether oxygens (including phenoxy) is 1. The van der Waals surface area contributed by atoms with E-state index in [1.165, 1.54) is 10.4 Å². The van der Waals surface area contributed by atoms with E-state index in [0.717, 1.165) is 11.1 Å². The van der Waals surface area contributed by atoms with Gasteiger partial charge in [-0.05, 0) is 44.5 Å². The Kier molecular flexibility index (Phi) is 8.17. The number of aliphatic hydroxyl groups is 1. The molecule has 1 aliphatic heterocycles. The summed E-state index contributed by atoms with van der Waals surface area (Å²) in [5, 5.41) is 12.6. The van der Waals surface area contributed by atoms with Crippen LogP contribution >= 0.6 is 0 Å². The van der Waals surface area contributed by atoms with Gasteiger partial charge in [0.1, 0.15) is 16.7 Å². The highest BCUT2D eigenvalue weighted by Crippen LogP contribution is 2.36. The number of nitrogens with one attached hydrogen (secondary N) is 1. The Hall–Kier alpha value is -2.69. The van der Waals surface area contributed by atoms with Crippen molar-refractivity contribution in [3.63, 3.8) is 0 Å². The largest absolute Gasteiger partial charge is 0.487 e. The van der Waals surface area contributed by atoms with Crippen molar-refractivity contribution >= 4 is 16.1 Å². The van der Waals surface area contributed by atoms with Crippen molar-refractivity contribution < 1.29 is 23.1 Å². The van der Waals surface area contributed by atoms with Crippen LogP contribution in [0.1, 0.15) is 27.7 Å². The molecule has 34 heavy (non-hydrogen) atoms. The second-order valence-corrected chi connectivity index (χ2v) is 11.0. The Balaban J connectivity index is 2.06. The monoisotopic (exact) mass is 490 g/mol. The number of carbonyl (C=O) groups excluding carboxylic acids is 1. The smallest absolute Gasteiger partial charge is 0.317 e. The highest BCUT2D eigenvalue weighted by Gasteiger charge is 2.38. The van der Waals surface area contributed by atoms with Crippen molar-refractivity contribution in [1.82, 2.24) is 19.5 Å². The third-order valence-corrected chi connectivity index (χ3v) is 7.89. The Labute approximate surface area is 201 Å². The Morgan fingerprint density at radius 3 is 2.65 bits per heavy atom. The zero-order valence-electron chi connectivity index (χ0n) is 20.3. The molecule has 3 atom stereocenters. The van der Waals surface area contributed by atoms with Gasteiger partial charge >= 0.3 is 6.03 Å². The van der Waals surface area contributed by atoms with Gasteiger partial charge in [-0.1, -0.05) is 19.1 Å². The van der Waals surface area contributed by atoms with Crippen LogP contribution in [0.2, 0.25) is 0 Å². The normalized spacial score (nSPS) is 21.0. The van der Waals surface area contributed by atoms with Gasteiger partial charge < -0.3 is 20.1 Å². The summed E-state index contributed by atoms with van der Waals surface area (Å²) in [6.07, 6.45) is 2.89. The molecule has 0 unspecified atom stereocenters. The third kappa shape index (κ3) is 5.68. The van der Waals surface area contributed by atoms with E-state index in [0.29, 0.717) is 0 Å². The number of sulfonamides is 1. The molecule has 186 valence electrons. The first-order valence-electron chi connectivity index (χ1n) is 11.4. The zero-order valence-corrected chi connectivity index (χ0v) is 21.1. The maximum Gasteiger partial charge on any atom is 0.317 e. The Morgan fingerprint density at radius 2 is 2.03 bits per heavy atom. The highest BCUT2D eigenvalue weighted by atomic mass is 32.2. The fraction of sp³-hybridized carbons (Fsp3) is 0.500. The summed E-state index contributed by atoms with van der Waals surface area (Å²) in [6, 6.07) is 7.79. The quantitative estimate of drug-likeness (QED) is 0.644. The maximum absolute atomic E-state index is 13.6. The van der Waals surface area contributed by atoms with Gasteiger partial charge in [0, 0.05) is 49.6 Å². The number of aromatic nitrogens is 1. The lowest BCUT2D eigenvalue weighted by Crippen LogP contribution is -2.51. The molecule has 10 heteroatoms. The molecule has 0 fully saturated rings. The van der Waals surface area contributed by atoms with E-state index in [1.54, 1.807) is 43.4 Å². The summed E-state index contributed by atoms with van der Waals surface area (Å²) in [4.78, 5) is 18.2. The lowest BCUT2D eigenvalue weighted by Gasteiger charge is -2.37. The second-order valence-electron chi connectivity index (χ2n) is 9.13. The zero-order chi connectivity index (χ0) is 25.0. The molecule has 0 radical (unpaired) electrons. The van der Waals surface area contributed by atoms with Crippen molar-refractivity contribution in [3.05, 3.63) is 42.7 Å². The topological polar surface area (TPSA) is 112 Å². The van der Waals surface area contributed by atoms with Crippen LogP contribution in [0.5, 0.6) is 5.75 Å². The average molecular weight is 491 g/mol. The van der Waals surface area contributed by atoms with Crippen LogP contribution in [0.25, 0.3) is 11.1 Å². The van der Waals surface area contributed by atoms with Crippen LogP contribution in [0.15, 0.2) is 47.6 Å². The lowest BCUT2D eigenvalue weighted by atomic mass is 10.0. The molecule has 9 nitrogen and oxygen atoms in total. The van der Waals surface area contributed by atoms with Crippen LogP contribution in [0.3, 0.4) is 0 Å². The number of urea groups is 1. The van der Waals surface area contributed by atoms with Gasteiger partial charge in [0.2, 0.25) is 10.0 Å². The number of carbonyl (C=O) groups is 1. The van der Waals surface area contributed by atoms with Crippen molar-refractivity contribution in [2.75, 3.05) is 26.7 Å². The summed E-state index contributed by atoms with van der Waals surface area (Å²) in [6.45, 7) is 7.44. The van der Waals surface area contributed by atoms with E-state index >= 15 is 0 Å². The minimum absolute atomic E-state index is 0.0144. The van der Waals surface area contributed by atoms with E-state index in [2.05, 4.69) is 10.3 Å². The first-order valence-corrected chi connectivity index (χ1v) is 12.8. The summed E-state index contributed by atoms with van der Waals surface area (Å²) in [5.74, 6) is -0.0426. The molecule has 0 bridgehead atoms. The second kappa shape index (κ2) is 10.7. The van der Waals surface area contributed by atoms with Crippen molar-refractivity contribution in [3.8, 4) is 16.9 Å². The molecule has 0 spiro atoms. The molecule has 0 aliphatic carbocycles. The molecule has 2 aromatic rings. The molecular weight excluding hydrogens is 456 g/mol. The lowest BCUT2D eigenvalue weighted by molar-refractivity contribution is 0.0810. The maximum atomic E-state index is 13.6. The number of pyridine rings is 1. The van der Waals surface area contributed by atoms with Crippen LogP contribution in [-0.4, -0.2) is 78.7 Å². The minimum Gasteiger partial charge on any atom is -0.487 e. The van der Waals surface area contributed by atoms with Gasteiger partial charge in [0.15, 0.2) is 0 Å². The van der Waals surface area contributed by atoms with Gasteiger partial charge in [-0.3, -0.25) is 4.98 Å². The predicted octanol–water partition coefficient (Wildman–Crippen LogP) is 2.57. The molecule has 3 rings (SSSR count). The molecule has 1 aromatic heterocycles. The Morgan fingerprint density at radius 1 is 1.29 bits per heavy atom. The summed E-state index contributed by atoms with van der Waals surface area (Å²) in [7, 11) is -2.25. The standard InChI is InChI=1S/C24H34N4O5S/c1-16(2)26-24(30)27(5)14-22-17(3)13-28(18(4)15-29)34(31,32)23-9-8-19(11-21(23)33-22)20-7-6-10-25-12-20/h6-12,16-18,22,29H,13-15H2,1-5H3,(H,26,30)/t17-,18+,22+/m0/s1. The first-order chi connectivity index (χ1) is 16.0. The fourth-order valence-corrected chi connectivity index (χ4v) is 5.69. The number of hydrogen-bond acceptors (Lipinski definition) is 6. The SMILES string of the molecule is CC(C)NC(=O)N(C)C[C@H]1Oc2cc(-c3cccnc3)ccc2S(=O)(=O)N([C@H](C)CO)C[C@@H]1C. The number of aliphatic hydroxyl groups excluding tert-OH is 1. The van der Waals surface area contributed by atoms with Crippen molar-refractivity contribution in [2.24, 2.45) is 5.92 Å². The molecule has 1 aromatic carbocycles. The van der Waals surface area contributed by atoms with E-state index < -0.39 is 22.2 Å². The summed E-state index contributed by atoms with van der Waals surface area (Å²) < 4.78 is 34.8. The molecule has 2 heterocycles. The number of likely N-dealkylation sites (N-methyl/N-ethyl adjacent to an activating group) is 1. The summed E-state index contributed by atoms with van der Waals surface area (Å²) in [5.41, 5.74) is 1.59.